The lowest BCUT2D eigenvalue weighted by molar-refractivity contribution is -0.118. The Morgan fingerprint density at radius 1 is 1.79 bits per heavy atom. The number of nitrogens with zero attached hydrogens (tertiary/aromatic N) is 2. The van der Waals surface area contributed by atoms with Gasteiger partial charge < -0.3 is 21.1 Å². The second-order valence-electron chi connectivity index (χ2n) is 4.90. The van der Waals surface area contributed by atoms with Gasteiger partial charge in [-0.1, -0.05) is 0 Å². The van der Waals surface area contributed by atoms with Crippen LogP contribution >= 0.6 is 0 Å². The number of ether oxygens (including phenoxy) is 1. The molecule has 1 aromatic rings. The molecule has 106 valence electrons. The number of aromatic nitrogens is 2. The number of hydrogen-bond acceptors (Lipinski definition) is 5. The van der Waals surface area contributed by atoms with E-state index in [0.29, 0.717) is 12.1 Å². The Balaban J connectivity index is 1.79. The normalized spacial score (nSPS) is 21.0. The van der Waals surface area contributed by atoms with Gasteiger partial charge in [-0.05, 0) is 13.3 Å². The van der Waals surface area contributed by atoms with E-state index in [4.69, 9.17) is 10.5 Å². The van der Waals surface area contributed by atoms with Crippen LogP contribution in [0.3, 0.4) is 0 Å². The molecule has 1 amide bonds. The Morgan fingerprint density at radius 2 is 2.63 bits per heavy atom. The quantitative estimate of drug-likeness (QED) is 0.649. The third-order valence-electron chi connectivity index (χ3n) is 3.00. The van der Waals surface area contributed by atoms with Crippen LogP contribution in [0.4, 0.5) is 5.69 Å². The zero-order valence-corrected chi connectivity index (χ0v) is 11.1. The monoisotopic (exact) mass is 267 g/mol. The van der Waals surface area contributed by atoms with Crippen molar-refractivity contribution in [3.05, 3.63) is 12.4 Å². The predicted molar refractivity (Wildman–Crippen MR) is 71.7 cm³/mol. The van der Waals surface area contributed by atoms with Gasteiger partial charge in [0, 0.05) is 24.8 Å². The molecule has 7 heteroatoms. The number of carbonyl (C=O) groups excluding carboxylic acids is 1. The van der Waals surface area contributed by atoms with E-state index in [1.165, 1.54) is 4.68 Å². The number of nitrogens with one attached hydrogen (secondary N) is 2. The molecule has 7 nitrogen and oxygen atoms in total. The van der Waals surface area contributed by atoms with Gasteiger partial charge >= 0.3 is 0 Å². The van der Waals surface area contributed by atoms with Crippen molar-refractivity contribution >= 4 is 11.6 Å². The summed E-state index contributed by atoms with van der Waals surface area (Å²) < 4.78 is 6.95. The lowest BCUT2D eigenvalue weighted by Gasteiger charge is -2.26. The molecule has 1 aromatic heterocycles. The van der Waals surface area contributed by atoms with Crippen LogP contribution in [0.5, 0.6) is 0 Å². The van der Waals surface area contributed by atoms with Crippen LogP contribution in [0.1, 0.15) is 13.3 Å². The van der Waals surface area contributed by atoms with Crippen LogP contribution in [-0.4, -0.2) is 47.5 Å². The van der Waals surface area contributed by atoms with Crippen molar-refractivity contribution in [2.45, 2.75) is 32.0 Å². The van der Waals surface area contributed by atoms with E-state index < -0.39 is 5.91 Å². The van der Waals surface area contributed by atoms with Crippen molar-refractivity contribution in [2.24, 2.45) is 5.73 Å². The fourth-order valence-corrected chi connectivity index (χ4v) is 2.23. The maximum absolute atomic E-state index is 10.8. The molecule has 2 heterocycles. The summed E-state index contributed by atoms with van der Waals surface area (Å²) in [7, 11) is 0. The topological polar surface area (TPSA) is 94.2 Å². The van der Waals surface area contributed by atoms with Crippen molar-refractivity contribution in [3.63, 3.8) is 0 Å². The Bertz CT molecular complexity index is 414. The molecule has 0 aliphatic carbocycles. The molecule has 1 saturated heterocycles. The number of carbonyl (C=O) groups is 1. The number of hydrogen-bond donors (Lipinski definition) is 3. The lowest BCUT2D eigenvalue weighted by atomic mass is 10.1. The molecule has 2 atom stereocenters. The molecular weight excluding hydrogens is 246 g/mol. The van der Waals surface area contributed by atoms with Gasteiger partial charge in [0.05, 0.1) is 25.1 Å². The summed E-state index contributed by atoms with van der Waals surface area (Å²) in [5.74, 6) is -0.397. The fourth-order valence-electron chi connectivity index (χ4n) is 2.23. The molecule has 2 rings (SSSR count). The molecule has 1 aliphatic heterocycles. The van der Waals surface area contributed by atoms with E-state index in [1.807, 2.05) is 0 Å². The van der Waals surface area contributed by atoms with Gasteiger partial charge in [-0.2, -0.15) is 5.10 Å². The third-order valence-corrected chi connectivity index (χ3v) is 3.00. The molecule has 0 bridgehead atoms. The van der Waals surface area contributed by atoms with Crippen LogP contribution in [0, 0.1) is 0 Å². The summed E-state index contributed by atoms with van der Waals surface area (Å²) in [5, 5.41) is 10.8. The first-order valence-electron chi connectivity index (χ1n) is 6.52. The van der Waals surface area contributed by atoms with Crippen molar-refractivity contribution in [1.29, 1.82) is 0 Å². The molecule has 1 aliphatic rings. The molecule has 0 saturated carbocycles. The summed E-state index contributed by atoms with van der Waals surface area (Å²) in [5.41, 5.74) is 6.01. The third kappa shape index (κ3) is 4.53. The molecule has 0 spiro atoms. The number of anilines is 1. The average Bonchev–Trinajstić information content (AvgIpc) is 2.76. The highest BCUT2D eigenvalue weighted by Gasteiger charge is 2.16. The van der Waals surface area contributed by atoms with E-state index in [1.54, 1.807) is 12.4 Å². The van der Waals surface area contributed by atoms with Crippen molar-refractivity contribution in [3.8, 4) is 0 Å². The van der Waals surface area contributed by atoms with Crippen LogP contribution in [-0.2, 0) is 16.1 Å². The van der Waals surface area contributed by atoms with E-state index in [9.17, 15) is 4.79 Å². The van der Waals surface area contributed by atoms with Gasteiger partial charge in [0.25, 0.3) is 0 Å². The van der Waals surface area contributed by atoms with Crippen LogP contribution < -0.4 is 16.4 Å². The number of morpholine rings is 1. The second kappa shape index (κ2) is 6.53. The highest BCUT2D eigenvalue weighted by Crippen LogP contribution is 2.10. The Labute approximate surface area is 112 Å². The van der Waals surface area contributed by atoms with Gasteiger partial charge in [-0.3, -0.25) is 9.48 Å². The van der Waals surface area contributed by atoms with Crippen molar-refractivity contribution < 1.29 is 9.53 Å². The highest BCUT2D eigenvalue weighted by molar-refractivity contribution is 5.73. The predicted octanol–water partition coefficient (Wildman–Crippen LogP) is -0.453. The first kappa shape index (κ1) is 13.8. The Hall–Kier alpha value is -1.60. The summed E-state index contributed by atoms with van der Waals surface area (Å²) in [6.07, 6.45) is 4.46. The van der Waals surface area contributed by atoms with Gasteiger partial charge in [-0.25, -0.2) is 0 Å². The van der Waals surface area contributed by atoms with Gasteiger partial charge in [0.1, 0.15) is 6.54 Å². The van der Waals surface area contributed by atoms with Gasteiger partial charge in [0.15, 0.2) is 0 Å². The second-order valence-corrected chi connectivity index (χ2v) is 4.90. The first-order chi connectivity index (χ1) is 9.13. The van der Waals surface area contributed by atoms with Gasteiger partial charge in [-0.15, -0.1) is 0 Å². The van der Waals surface area contributed by atoms with E-state index in [2.05, 4.69) is 22.7 Å². The highest BCUT2D eigenvalue weighted by atomic mass is 16.5. The van der Waals surface area contributed by atoms with Crippen LogP contribution in [0.15, 0.2) is 12.4 Å². The molecule has 19 heavy (non-hydrogen) atoms. The number of nitrogens with two attached hydrogens (primary N) is 1. The average molecular weight is 267 g/mol. The molecule has 4 N–H and O–H groups in total. The molecule has 0 radical (unpaired) electrons. The van der Waals surface area contributed by atoms with E-state index >= 15 is 0 Å². The smallest absolute Gasteiger partial charge is 0.239 e. The summed E-state index contributed by atoms with van der Waals surface area (Å²) >= 11 is 0. The number of rotatable bonds is 6. The van der Waals surface area contributed by atoms with E-state index in [0.717, 1.165) is 31.9 Å². The van der Waals surface area contributed by atoms with Crippen molar-refractivity contribution in [2.75, 3.05) is 25.1 Å². The Morgan fingerprint density at radius 3 is 3.32 bits per heavy atom. The molecule has 2 unspecified atom stereocenters. The SMILES string of the molecule is CC(CC1COCCN1)Nc1cnn(CC(N)=O)c1. The maximum Gasteiger partial charge on any atom is 0.239 e. The minimum Gasteiger partial charge on any atom is -0.380 e. The van der Waals surface area contributed by atoms with Crippen LogP contribution in [0.2, 0.25) is 0 Å². The lowest BCUT2D eigenvalue weighted by Crippen LogP contribution is -2.43. The number of amides is 1. The zero-order chi connectivity index (χ0) is 13.7. The zero-order valence-electron chi connectivity index (χ0n) is 11.1. The van der Waals surface area contributed by atoms with Gasteiger partial charge in [0.2, 0.25) is 5.91 Å². The van der Waals surface area contributed by atoms with Crippen molar-refractivity contribution in [1.82, 2.24) is 15.1 Å². The first-order valence-corrected chi connectivity index (χ1v) is 6.52. The molecular formula is C12H21N5O2. The summed E-state index contributed by atoms with van der Waals surface area (Å²) in [6.45, 7) is 4.68. The van der Waals surface area contributed by atoms with Crippen LogP contribution in [0.25, 0.3) is 0 Å². The number of primary amides is 1. The Kier molecular flexibility index (Phi) is 4.75. The van der Waals surface area contributed by atoms with E-state index in [-0.39, 0.29) is 6.54 Å². The summed E-state index contributed by atoms with van der Waals surface area (Å²) in [4.78, 5) is 10.8. The standard InChI is InChI=1S/C12H21N5O2/c1-9(4-10-8-19-3-2-14-10)16-11-5-15-17(6-11)7-12(13)18/h5-6,9-10,14,16H,2-4,7-8H2,1H3,(H2,13,18). The fraction of sp³-hybridized carbons (Fsp3) is 0.667. The minimum absolute atomic E-state index is 0.105. The maximum atomic E-state index is 10.8. The summed E-state index contributed by atoms with van der Waals surface area (Å²) in [6, 6.07) is 0.683. The minimum atomic E-state index is -0.397. The largest absolute Gasteiger partial charge is 0.380 e. The molecule has 1 fully saturated rings. The molecule has 0 aromatic carbocycles.